The molecule has 0 bridgehead atoms. The van der Waals surface area contributed by atoms with Crippen LogP contribution in [0.4, 0.5) is 0 Å². The van der Waals surface area contributed by atoms with Crippen molar-refractivity contribution in [1.29, 1.82) is 0 Å². The molecular formula is C16H25NO2. The Bertz CT molecular complexity index is 385. The highest BCUT2D eigenvalue weighted by Gasteiger charge is 2.21. The Labute approximate surface area is 116 Å². The lowest BCUT2D eigenvalue weighted by molar-refractivity contribution is 0.222. The van der Waals surface area contributed by atoms with Gasteiger partial charge in [0.1, 0.15) is 12.4 Å². The molecule has 19 heavy (non-hydrogen) atoms. The van der Waals surface area contributed by atoms with Gasteiger partial charge < -0.3 is 9.84 Å². The molecule has 1 atom stereocenters. The van der Waals surface area contributed by atoms with Crippen LogP contribution >= 0.6 is 0 Å². The largest absolute Gasteiger partial charge is 0.492 e. The van der Waals surface area contributed by atoms with E-state index in [4.69, 9.17) is 9.84 Å². The van der Waals surface area contributed by atoms with Crippen LogP contribution in [0.1, 0.15) is 24.0 Å². The van der Waals surface area contributed by atoms with Crippen molar-refractivity contribution < 1.29 is 9.84 Å². The highest BCUT2D eigenvalue weighted by molar-refractivity contribution is 5.32. The van der Waals surface area contributed by atoms with Gasteiger partial charge in [-0.3, -0.25) is 4.90 Å². The molecule has 1 heterocycles. The molecule has 0 aromatic heterocycles. The second kappa shape index (κ2) is 6.92. The average molecular weight is 263 g/mol. The topological polar surface area (TPSA) is 32.7 Å². The number of aliphatic hydroxyl groups is 1. The molecule has 0 saturated carbocycles. The fraction of sp³-hybridized carbons (Fsp3) is 0.625. The predicted octanol–water partition coefficient (Wildman–Crippen LogP) is 2.39. The van der Waals surface area contributed by atoms with E-state index in [0.717, 1.165) is 38.4 Å². The lowest BCUT2D eigenvalue weighted by atomic mass is 10.1. The first-order valence-corrected chi connectivity index (χ1v) is 7.21. The first-order chi connectivity index (χ1) is 9.17. The van der Waals surface area contributed by atoms with Gasteiger partial charge >= 0.3 is 0 Å². The van der Waals surface area contributed by atoms with Crippen LogP contribution < -0.4 is 4.74 Å². The Kier molecular flexibility index (Phi) is 5.23. The van der Waals surface area contributed by atoms with Gasteiger partial charge in [0.15, 0.2) is 0 Å². The van der Waals surface area contributed by atoms with Crippen LogP contribution in [0.15, 0.2) is 18.2 Å². The Morgan fingerprint density at radius 2 is 2.00 bits per heavy atom. The molecule has 2 rings (SSSR count). The quantitative estimate of drug-likeness (QED) is 0.855. The van der Waals surface area contributed by atoms with Gasteiger partial charge in [-0.05, 0) is 62.4 Å². The van der Waals surface area contributed by atoms with E-state index in [1.165, 1.54) is 17.5 Å². The van der Waals surface area contributed by atoms with E-state index in [2.05, 4.69) is 36.9 Å². The zero-order valence-electron chi connectivity index (χ0n) is 12.1. The van der Waals surface area contributed by atoms with E-state index in [1.54, 1.807) is 0 Å². The second-order valence-electron chi connectivity index (χ2n) is 5.64. The highest BCUT2D eigenvalue weighted by atomic mass is 16.5. The van der Waals surface area contributed by atoms with Crippen LogP contribution in [0.5, 0.6) is 5.75 Å². The monoisotopic (exact) mass is 263 g/mol. The van der Waals surface area contributed by atoms with Gasteiger partial charge in [-0.25, -0.2) is 0 Å². The summed E-state index contributed by atoms with van der Waals surface area (Å²) in [4.78, 5) is 2.43. The molecule has 3 heteroatoms. The van der Waals surface area contributed by atoms with Crippen LogP contribution in [0.3, 0.4) is 0 Å². The summed E-state index contributed by atoms with van der Waals surface area (Å²) < 4.78 is 5.83. The van der Waals surface area contributed by atoms with Gasteiger partial charge in [-0.1, -0.05) is 6.07 Å². The third kappa shape index (κ3) is 4.51. The molecule has 1 unspecified atom stereocenters. The van der Waals surface area contributed by atoms with Crippen molar-refractivity contribution in [2.75, 3.05) is 32.8 Å². The molecule has 0 aliphatic carbocycles. The summed E-state index contributed by atoms with van der Waals surface area (Å²) in [6.07, 6.45) is 2.15. The number of benzene rings is 1. The first kappa shape index (κ1) is 14.4. The van der Waals surface area contributed by atoms with E-state index in [1.807, 2.05) is 0 Å². The minimum absolute atomic E-state index is 0.317. The standard InChI is InChI=1S/C16H25NO2/c1-13-9-14(2)11-16(10-13)19-8-6-17-5-3-15(12-17)4-7-18/h9-11,15,18H,3-8,12H2,1-2H3. The van der Waals surface area contributed by atoms with E-state index >= 15 is 0 Å². The molecule has 0 radical (unpaired) electrons. The van der Waals surface area contributed by atoms with Gasteiger partial charge in [0.05, 0.1) is 0 Å². The van der Waals surface area contributed by atoms with Gasteiger partial charge in [-0.15, -0.1) is 0 Å². The van der Waals surface area contributed by atoms with E-state index in [0.29, 0.717) is 12.5 Å². The van der Waals surface area contributed by atoms with Crippen LogP contribution in [-0.2, 0) is 0 Å². The van der Waals surface area contributed by atoms with Gasteiger partial charge in [0.25, 0.3) is 0 Å². The molecule has 1 aliphatic heterocycles. The summed E-state index contributed by atoms with van der Waals surface area (Å²) in [6, 6.07) is 6.34. The summed E-state index contributed by atoms with van der Waals surface area (Å²) in [7, 11) is 0. The maximum absolute atomic E-state index is 8.95. The number of hydrogen-bond acceptors (Lipinski definition) is 3. The number of ether oxygens (including phenoxy) is 1. The Morgan fingerprint density at radius 1 is 1.26 bits per heavy atom. The lowest BCUT2D eigenvalue weighted by Crippen LogP contribution is -2.26. The Hall–Kier alpha value is -1.06. The minimum Gasteiger partial charge on any atom is -0.492 e. The fourth-order valence-electron chi connectivity index (χ4n) is 2.84. The van der Waals surface area contributed by atoms with Crippen LogP contribution in [0, 0.1) is 19.8 Å². The summed E-state index contributed by atoms with van der Waals surface area (Å²) in [5, 5.41) is 8.95. The van der Waals surface area contributed by atoms with Crippen molar-refractivity contribution in [3.63, 3.8) is 0 Å². The van der Waals surface area contributed by atoms with E-state index in [-0.39, 0.29) is 0 Å². The molecule has 1 N–H and O–H groups in total. The molecule has 1 aliphatic rings. The zero-order valence-corrected chi connectivity index (χ0v) is 12.1. The zero-order chi connectivity index (χ0) is 13.7. The van der Waals surface area contributed by atoms with Gasteiger partial charge in [0.2, 0.25) is 0 Å². The summed E-state index contributed by atoms with van der Waals surface area (Å²) >= 11 is 0. The van der Waals surface area contributed by atoms with Crippen molar-refractivity contribution >= 4 is 0 Å². The van der Waals surface area contributed by atoms with Crippen LogP contribution in [-0.4, -0.2) is 42.9 Å². The number of likely N-dealkylation sites (tertiary alicyclic amines) is 1. The fourth-order valence-corrected chi connectivity index (χ4v) is 2.84. The summed E-state index contributed by atoms with van der Waals surface area (Å²) in [5.41, 5.74) is 2.50. The van der Waals surface area contributed by atoms with Crippen molar-refractivity contribution in [3.05, 3.63) is 29.3 Å². The van der Waals surface area contributed by atoms with Gasteiger partial charge in [-0.2, -0.15) is 0 Å². The Morgan fingerprint density at radius 3 is 2.68 bits per heavy atom. The molecule has 3 nitrogen and oxygen atoms in total. The van der Waals surface area contributed by atoms with Crippen molar-refractivity contribution in [1.82, 2.24) is 4.90 Å². The van der Waals surface area contributed by atoms with Gasteiger partial charge in [0, 0.05) is 19.7 Å². The number of nitrogens with zero attached hydrogens (tertiary/aromatic N) is 1. The molecule has 1 saturated heterocycles. The molecule has 1 fully saturated rings. The smallest absolute Gasteiger partial charge is 0.119 e. The van der Waals surface area contributed by atoms with Crippen LogP contribution in [0.2, 0.25) is 0 Å². The number of aryl methyl sites for hydroxylation is 2. The SMILES string of the molecule is Cc1cc(C)cc(OCCN2CCC(CCO)C2)c1. The molecular weight excluding hydrogens is 238 g/mol. The van der Waals surface area contributed by atoms with E-state index in [9.17, 15) is 0 Å². The normalized spacial score (nSPS) is 19.8. The van der Waals surface area contributed by atoms with Crippen molar-refractivity contribution in [3.8, 4) is 5.75 Å². The molecule has 0 spiro atoms. The lowest BCUT2D eigenvalue weighted by Gasteiger charge is -2.16. The number of hydrogen-bond donors (Lipinski definition) is 1. The van der Waals surface area contributed by atoms with E-state index < -0.39 is 0 Å². The molecule has 1 aromatic carbocycles. The third-order valence-electron chi connectivity index (χ3n) is 3.78. The first-order valence-electron chi connectivity index (χ1n) is 7.21. The summed E-state index contributed by atoms with van der Waals surface area (Å²) in [6.45, 7) is 8.48. The second-order valence-corrected chi connectivity index (χ2v) is 5.64. The number of rotatable bonds is 6. The predicted molar refractivity (Wildman–Crippen MR) is 77.7 cm³/mol. The number of aliphatic hydroxyl groups excluding tert-OH is 1. The molecule has 0 amide bonds. The summed E-state index contributed by atoms with van der Waals surface area (Å²) in [5.74, 6) is 1.65. The van der Waals surface area contributed by atoms with Crippen LogP contribution in [0.25, 0.3) is 0 Å². The van der Waals surface area contributed by atoms with Crippen molar-refractivity contribution in [2.45, 2.75) is 26.7 Å². The third-order valence-corrected chi connectivity index (χ3v) is 3.78. The molecule has 1 aromatic rings. The Balaban J connectivity index is 1.72. The average Bonchev–Trinajstić information content (AvgIpc) is 2.76. The highest BCUT2D eigenvalue weighted by Crippen LogP contribution is 2.19. The maximum atomic E-state index is 8.95. The van der Waals surface area contributed by atoms with Crippen molar-refractivity contribution in [2.24, 2.45) is 5.92 Å². The molecule has 106 valence electrons. The minimum atomic E-state index is 0.317. The maximum Gasteiger partial charge on any atom is 0.119 e.